The molecule has 0 spiro atoms. The Hall–Kier alpha value is -4.47. The molecule has 2 saturated carbocycles. The molecule has 5 rings (SSSR count). The van der Waals surface area contributed by atoms with E-state index in [2.05, 4.69) is 31.0 Å². The molecular weight excluding hydrogens is 493 g/mol. The maximum absolute atomic E-state index is 14.0. The van der Waals surface area contributed by atoms with Crippen LogP contribution in [0.4, 0.5) is 26.4 Å². The first-order valence-corrected chi connectivity index (χ1v) is 12.6. The fraction of sp³-hybridized carbons (Fsp3) is 0.440. The highest BCUT2D eigenvalue weighted by Gasteiger charge is 2.29. The van der Waals surface area contributed by atoms with E-state index in [4.69, 9.17) is 5.26 Å². The molecule has 38 heavy (non-hydrogen) atoms. The molecule has 198 valence electrons. The SMILES string of the molecule is N#CCCN(C(=O)O)C1CCC(Nc2cc(NC3CC3)c3ncc(C(=O)Nc4ccncc4F)n3n2)CC1. The largest absolute Gasteiger partial charge is 0.465 e. The third-order valence-corrected chi connectivity index (χ3v) is 6.86. The molecule has 3 heterocycles. The molecule has 0 saturated heterocycles. The molecule has 2 aliphatic carbocycles. The Labute approximate surface area is 217 Å². The number of hydrogen-bond acceptors (Lipinski definition) is 8. The zero-order chi connectivity index (χ0) is 26.6. The number of imidazole rings is 1. The molecule has 0 aliphatic heterocycles. The minimum Gasteiger partial charge on any atom is -0.465 e. The van der Waals surface area contributed by atoms with Crippen LogP contribution in [0.2, 0.25) is 0 Å². The number of aromatic nitrogens is 4. The minimum absolute atomic E-state index is 0.00694. The number of anilines is 3. The van der Waals surface area contributed by atoms with Crippen LogP contribution in [0.1, 0.15) is 55.4 Å². The molecule has 3 aromatic rings. The Morgan fingerprint density at radius 1 is 1.13 bits per heavy atom. The van der Waals surface area contributed by atoms with Gasteiger partial charge in [-0.2, -0.15) is 5.26 Å². The fourth-order valence-corrected chi connectivity index (χ4v) is 4.76. The van der Waals surface area contributed by atoms with Gasteiger partial charge in [-0.15, -0.1) is 5.10 Å². The van der Waals surface area contributed by atoms with Crippen LogP contribution in [-0.2, 0) is 0 Å². The van der Waals surface area contributed by atoms with E-state index < -0.39 is 17.8 Å². The third-order valence-electron chi connectivity index (χ3n) is 6.86. The van der Waals surface area contributed by atoms with Crippen molar-refractivity contribution in [3.8, 4) is 6.07 Å². The number of fused-ring (bicyclic) bond motifs is 1. The van der Waals surface area contributed by atoms with Crippen molar-refractivity contribution >= 4 is 34.8 Å². The molecule has 0 radical (unpaired) electrons. The number of nitrogens with one attached hydrogen (secondary N) is 3. The molecule has 2 fully saturated rings. The van der Waals surface area contributed by atoms with E-state index >= 15 is 0 Å². The van der Waals surface area contributed by atoms with E-state index in [0.29, 0.717) is 30.3 Å². The number of rotatable bonds is 9. The Morgan fingerprint density at radius 2 is 1.87 bits per heavy atom. The van der Waals surface area contributed by atoms with Gasteiger partial charge in [-0.3, -0.25) is 9.78 Å². The van der Waals surface area contributed by atoms with Crippen molar-refractivity contribution in [2.24, 2.45) is 0 Å². The van der Waals surface area contributed by atoms with Crippen LogP contribution in [0.15, 0.2) is 30.7 Å². The van der Waals surface area contributed by atoms with Gasteiger partial charge in [0.15, 0.2) is 17.2 Å². The van der Waals surface area contributed by atoms with Crippen molar-refractivity contribution in [2.75, 3.05) is 22.5 Å². The highest BCUT2D eigenvalue weighted by Crippen LogP contribution is 2.30. The second-order valence-corrected chi connectivity index (χ2v) is 9.58. The maximum atomic E-state index is 14.0. The topological polar surface area (TPSA) is 161 Å². The van der Waals surface area contributed by atoms with Gasteiger partial charge >= 0.3 is 6.09 Å². The van der Waals surface area contributed by atoms with E-state index in [1.54, 1.807) is 0 Å². The number of halogens is 1. The number of carboxylic acid groups (broad SMARTS) is 1. The third kappa shape index (κ3) is 5.59. The quantitative estimate of drug-likeness (QED) is 0.329. The maximum Gasteiger partial charge on any atom is 0.407 e. The fourth-order valence-electron chi connectivity index (χ4n) is 4.76. The van der Waals surface area contributed by atoms with E-state index in [1.807, 2.05) is 12.1 Å². The highest BCUT2D eigenvalue weighted by atomic mass is 19.1. The lowest BCUT2D eigenvalue weighted by atomic mass is 9.90. The number of amides is 2. The molecule has 3 aromatic heterocycles. The summed E-state index contributed by atoms with van der Waals surface area (Å²) in [5, 5.41) is 32.4. The summed E-state index contributed by atoms with van der Waals surface area (Å²) < 4.78 is 15.5. The Bertz CT molecular complexity index is 1380. The van der Waals surface area contributed by atoms with Gasteiger partial charge in [-0.05, 0) is 44.6 Å². The van der Waals surface area contributed by atoms with Crippen LogP contribution < -0.4 is 16.0 Å². The summed E-state index contributed by atoms with van der Waals surface area (Å²) in [6.07, 6.45) is 7.86. The molecule has 13 heteroatoms. The zero-order valence-corrected chi connectivity index (χ0v) is 20.6. The normalized spacial score (nSPS) is 18.9. The molecule has 0 atom stereocenters. The van der Waals surface area contributed by atoms with Gasteiger partial charge in [0, 0.05) is 36.9 Å². The average molecular weight is 522 g/mol. The van der Waals surface area contributed by atoms with Crippen LogP contribution in [0.3, 0.4) is 0 Å². The average Bonchev–Trinajstić information content (AvgIpc) is 3.61. The van der Waals surface area contributed by atoms with E-state index in [9.17, 15) is 19.1 Å². The highest BCUT2D eigenvalue weighted by molar-refractivity contribution is 6.03. The summed E-state index contributed by atoms with van der Waals surface area (Å²) in [5.74, 6) is -0.659. The number of pyridine rings is 1. The van der Waals surface area contributed by atoms with Gasteiger partial charge in [-0.25, -0.2) is 18.7 Å². The van der Waals surface area contributed by atoms with Crippen LogP contribution >= 0.6 is 0 Å². The summed E-state index contributed by atoms with van der Waals surface area (Å²) in [5.41, 5.74) is 1.38. The predicted octanol–water partition coefficient (Wildman–Crippen LogP) is 3.71. The van der Waals surface area contributed by atoms with Gasteiger partial charge in [0.05, 0.1) is 36.3 Å². The smallest absolute Gasteiger partial charge is 0.407 e. The Kier molecular flexibility index (Phi) is 7.21. The van der Waals surface area contributed by atoms with E-state index in [-0.39, 0.29) is 36.4 Å². The Morgan fingerprint density at radius 3 is 2.55 bits per heavy atom. The first kappa shape index (κ1) is 25.2. The van der Waals surface area contributed by atoms with Gasteiger partial charge in [0.1, 0.15) is 5.82 Å². The van der Waals surface area contributed by atoms with Crippen LogP contribution in [0.25, 0.3) is 5.65 Å². The predicted molar refractivity (Wildman–Crippen MR) is 136 cm³/mol. The number of carbonyl (C=O) groups is 2. The summed E-state index contributed by atoms with van der Waals surface area (Å²) in [4.78, 5) is 34.1. The lowest BCUT2D eigenvalue weighted by Crippen LogP contribution is -2.43. The minimum atomic E-state index is -1.00. The van der Waals surface area contributed by atoms with Crippen LogP contribution in [-0.4, -0.2) is 66.3 Å². The number of nitrogens with zero attached hydrogens (tertiary/aromatic N) is 6. The molecule has 2 aliphatic rings. The number of carbonyl (C=O) groups excluding carboxylic acids is 1. The number of hydrogen-bond donors (Lipinski definition) is 4. The van der Waals surface area contributed by atoms with Gasteiger partial charge in [-0.1, -0.05) is 0 Å². The molecule has 4 N–H and O–H groups in total. The summed E-state index contributed by atoms with van der Waals surface area (Å²) in [6, 6.07) is 5.52. The summed E-state index contributed by atoms with van der Waals surface area (Å²) >= 11 is 0. The van der Waals surface area contributed by atoms with Crippen molar-refractivity contribution < 1.29 is 19.1 Å². The Balaban J connectivity index is 1.34. The van der Waals surface area contributed by atoms with Crippen molar-refractivity contribution in [1.82, 2.24) is 24.5 Å². The van der Waals surface area contributed by atoms with Crippen LogP contribution in [0, 0.1) is 17.1 Å². The monoisotopic (exact) mass is 521 g/mol. The van der Waals surface area contributed by atoms with Gasteiger partial charge in [0.2, 0.25) is 0 Å². The van der Waals surface area contributed by atoms with Gasteiger partial charge < -0.3 is 26.0 Å². The van der Waals surface area contributed by atoms with E-state index in [0.717, 1.165) is 37.6 Å². The summed E-state index contributed by atoms with van der Waals surface area (Å²) in [6.45, 7) is 0.206. The summed E-state index contributed by atoms with van der Waals surface area (Å²) in [7, 11) is 0. The lowest BCUT2D eigenvalue weighted by molar-refractivity contribution is 0.101. The van der Waals surface area contributed by atoms with Crippen molar-refractivity contribution in [2.45, 2.75) is 63.1 Å². The molecule has 2 amide bonds. The van der Waals surface area contributed by atoms with Crippen molar-refractivity contribution in [3.05, 3.63) is 42.2 Å². The lowest BCUT2D eigenvalue weighted by Gasteiger charge is -2.35. The molecule has 0 unspecified atom stereocenters. The zero-order valence-electron chi connectivity index (χ0n) is 20.6. The molecule has 0 aromatic carbocycles. The number of nitriles is 1. The van der Waals surface area contributed by atoms with E-state index in [1.165, 1.54) is 27.9 Å². The first-order chi connectivity index (χ1) is 18.4. The van der Waals surface area contributed by atoms with Gasteiger partial charge in [0.25, 0.3) is 5.91 Å². The second kappa shape index (κ2) is 10.9. The van der Waals surface area contributed by atoms with Crippen molar-refractivity contribution in [1.29, 1.82) is 5.26 Å². The standard InChI is InChI=1S/C25H28FN9O3/c26-18-13-28-10-8-19(18)32-24(36)21-14-29-23-20(30-15-2-3-15)12-22(33-35(21)23)31-16-4-6-17(7-5-16)34(25(37)38)11-1-9-27/h8,10,12-17,30H,1-7,11H2,(H,31,33)(H,37,38)(H,28,32,36). The van der Waals surface area contributed by atoms with Crippen molar-refractivity contribution in [3.63, 3.8) is 0 Å². The van der Waals surface area contributed by atoms with Crippen LogP contribution in [0.5, 0.6) is 0 Å². The molecular formula is C25H28FN9O3. The molecule has 12 nitrogen and oxygen atoms in total. The second-order valence-electron chi connectivity index (χ2n) is 9.58. The molecule has 0 bridgehead atoms. The first-order valence-electron chi connectivity index (χ1n) is 12.6.